The lowest BCUT2D eigenvalue weighted by Crippen LogP contribution is -2.56. The van der Waals surface area contributed by atoms with Crippen molar-refractivity contribution in [2.75, 3.05) is 13.2 Å². The molecule has 0 radical (unpaired) electrons. The van der Waals surface area contributed by atoms with Crippen molar-refractivity contribution in [3.8, 4) is 0 Å². The van der Waals surface area contributed by atoms with E-state index in [2.05, 4.69) is 0 Å². The number of aliphatic hydroxyl groups is 6. The van der Waals surface area contributed by atoms with Crippen molar-refractivity contribution in [3.05, 3.63) is 0 Å². The third-order valence-electron chi connectivity index (χ3n) is 3.16. The minimum Gasteiger partial charge on any atom is -0.394 e. The average molecular weight is 280 g/mol. The highest BCUT2D eigenvalue weighted by atomic mass is 16.6. The molecule has 0 aromatic rings. The Hall–Kier alpha value is -0.610. The standard InChI is InChI=1S/C11H20O8/c12-5-6(13)7(14)8(15)9(16)10(17)11(18)3-1-2-4-19-11/h6-9,12-16,18H,1-5H2/t6-,7-,8+,9-,11?/m1/s1. The van der Waals surface area contributed by atoms with Crippen molar-refractivity contribution in [2.24, 2.45) is 0 Å². The first-order valence-corrected chi connectivity index (χ1v) is 6.07. The predicted molar refractivity (Wildman–Crippen MR) is 60.9 cm³/mol. The Morgan fingerprint density at radius 3 is 2.26 bits per heavy atom. The lowest BCUT2D eigenvalue weighted by Gasteiger charge is -2.34. The van der Waals surface area contributed by atoms with E-state index in [9.17, 15) is 25.2 Å². The zero-order chi connectivity index (χ0) is 14.6. The third kappa shape index (κ3) is 3.69. The fraction of sp³-hybridized carbons (Fsp3) is 0.909. The minimum absolute atomic E-state index is 0.0196. The van der Waals surface area contributed by atoms with Gasteiger partial charge in [-0.25, -0.2) is 0 Å². The van der Waals surface area contributed by atoms with Gasteiger partial charge in [0.2, 0.25) is 11.6 Å². The number of Topliss-reactive ketones (excluding diaryl/α,β-unsaturated/α-hetero) is 1. The van der Waals surface area contributed by atoms with E-state index in [1.54, 1.807) is 0 Å². The maximum Gasteiger partial charge on any atom is 0.229 e. The number of aliphatic hydroxyl groups excluding tert-OH is 5. The highest BCUT2D eigenvalue weighted by Gasteiger charge is 2.46. The first-order valence-electron chi connectivity index (χ1n) is 6.07. The summed E-state index contributed by atoms with van der Waals surface area (Å²) >= 11 is 0. The van der Waals surface area contributed by atoms with Crippen LogP contribution >= 0.6 is 0 Å². The molecule has 0 bridgehead atoms. The van der Waals surface area contributed by atoms with Gasteiger partial charge in [-0.1, -0.05) is 0 Å². The van der Waals surface area contributed by atoms with Crippen LogP contribution in [0.25, 0.3) is 0 Å². The van der Waals surface area contributed by atoms with E-state index in [4.69, 9.17) is 14.9 Å². The molecule has 0 aromatic heterocycles. The number of hydrogen-bond acceptors (Lipinski definition) is 8. The number of carbonyl (C=O) groups is 1. The molecule has 8 heteroatoms. The quantitative estimate of drug-likeness (QED) is 0.299. The van der Waals surface area contributed by atoms with Crippen LogP contribution in [0.15, 0.2) is 0 Å². The number of ketones is 1. The summed E-state index contributed by atoms with van der Waals surface area (Å²) in [4.78, 5) is 11.8. The molecule has 1 aliphatic rings. The molecule has 1 unspecified atom stereocenters. The summed E-state index contributed by atoms with van der Waals surface area (Å²) in [6.07, 6.45) is -6.62. The summed E-state index contributed by atoms with van der Waals surface area (Å²) < 4.78 is 4.91. The van der Waals surface area contributed by atoms with Crippen LogP contribution in [0.4, 0.5) is 0 Å². The first kappa shape index (κ1) is 16.4. The van der Waals surface area contributed by atoms with Gasteiger partial charge in [0, 0.05) is 6.42 Å². The summed E-state index contributed by atoms with van der Waals surface area (Å²) in [5.41, 5.74) is 0. The molecule has 19 heavy (non-hydrogen) atoms. The van der Waals surface area contributed by atoms with Gasteiger partial charge in [0.05, 0.1) is 13.2 Å². The van der Waals surface area contributed by atoms with E-state index in [1.165, 1.54) is 0 Å². The van der Waals surface area contributed by atoms with Gasteiger partial charge in [-0.3, -0.25) is 4.79 Å². The molecule has 0 amide bonds. The van der Waals surface area contributed by atoms with E-state index in [0.29, 0.717) is 12.8 Å². The summed E-state index contributed by atoms with van der Waals surface area (Å²) in [6, 6.07) is 0. The van der Waals surface area contributed by atoms with E-state index < -0.39 is 42.6 Å². The van der Waals surface area contributed by atoms with Crippen molar-refractivity contribution in [1.29, 1.82) is 0 Å². The monoisotopic (exact) mass is 280 g/mol. The Kier molecular flexibility index (Phi) is 5.81. The highest BCUT2D eigenvalue weighted by molar-refractivity contribution is 5.90. The van der Waals surface area contributed by atoms with Gasteiger partial charge in [0.1, 0.15) is 24.4 Å². The molecule has 8 nitrogen and oxygen atoms in total. The molecule has 1 heterocycles. The molecule has 0 aromatic carbocycles. The maximum atomic E-state index is 11.8. The normalized spacial score (nSPS) is 30.4. The fourth-order valence-electron chi connectivity index (χ4n) is 1.88. The van der Waals surface area contributed by atoms with Crippen molar-refractivity contribution in [1.82, 2.24) is 0 Å². The van der Waals surface area contributed by atoms with Gasteiger partial charge in [-0.05, 0) is 12.8 Å². The van der Waals surface area contributed by atoms with Crippen molar-refractivity contribution in [2.45, 2.75) is 49.5 Å². The Morgan fingerprint density at radius 2 is 1.79 bits per heavy atom. The Bertz CT molecular complexity index is 301. The van der Waals surface area contributed by atoms with Crippen LogP contribution in [-0.4, -0.2) is 79.8 Å². The molecule has 1 rings (SSSR count). The Morgan fingerprint density at radius 1 is 1.16 bits per heavy atom. The highest BCUT2D eigenvalue weighted by Crippen LogP contribution is 2.25. The molecule has 1 fully saturated rings. The fourth-order valence-corrected chi connectivity index (χ4v) is 1.88. The molecule has 0 aliphatic carbocycles. The summed E-state index contributed by atoms with van der Waals surface area (Å²) in [6.45, 7) is -0.702. The summed E-state index contributed by atoms with van der Waals surface area (Å²) in [5, 5.41) is 56.2. The molecule has 0 saturated carbocycles. The van der Waals surface area contributed by atoms with E-state index >= 15 is 0 Å². The SMILES string of the molecule is O=C([C@H](O)[C@@H](O)[C@H](O)[C@H](O)CO)C1(O)CCCCO1. The van der Waals surface area contributed by atoms with Crippen LogP contribution < -0.4 is 0 Å². The van der Waals surface area contributed by atoms with Gasteiger partial charge in [0.25, 0.3) is 0 Å². The number of rotatable bonds is 6. The van der Waals surface area contributed by atoms with Crippen LogP contribution in [-0.2, 0) is 9.53 Å². The number of ether oxygens (including phenoxy) is 1. The minimum atomic E-state index is -2.19. The van der Waals surface area contributed by atoms with Gasteiger partial charge >= 0.3 is 0 Å². The second-order valence-corrected chi connectivity index (χ2v) is 4.63. The van der Waals surface area contributed by atoms with Gasteiger partial charge in [-0.15, -0.1) is 0 Å². The summed E-state index contributed by atoms with van der Waals surface area (Å²) in [5.74, 6) is -3.37. The van der Waals surface area contributed by atoms with E-state index in [-0.39, 0.29) is 13.0 Å². The lowest BCUT2D eigenvalue weighted by atomic mass is 9.92. The topological polar surface area (TPSA) is 148 Å². The van der Waals surface area contributed by atoms with E-state index in [0.717, 1.165) is 0 Å². The Balaban J connectivity index is 2.70. The van der Waals surface area contributed by atoms with Crippen molar-refractivity contribution in [3.63, 3.8) is 0 Å². The molecule has 1 saturated heterocycles. The van der Waals surface area contributed by atoms with E-state index in [1.807, 2.05) is 0 Å². The number of carbonyl (C=O) groups excluding carboxylic acids is 1. The summed E-state index contributed by atoms with van der Waals surface area (Å²) in [7, 11) is 0. The van der Waals surface area contributed by atoms with Gasteiger partial charge in [0.15, 0.2) is 0 Å². The largest absolute Gasteiger partial charge is 0.394 e. The Labute approximate surface area is 109 Å². The third-order valence-corrected chi connectivity index (χ3v) is 3.16. The molecular formula is C11H20O8. The second kappa shape index (κ2) is 6.71. The zero-order valence-electron chi connectivity index (χ0n) is 10.3. The van der Waals surface area contributed by atoms with Crippen LogP contribution in [0, 0.1) is 0 Å². The van der Waals surface area contributed by atoms with Crippen LogP contribution in [0.3, 0.4) is 0 Å². The lowest BCUT2D eigenvalue weighted by molar-refractivity contribution is -0.231. The molecule has 112 valence electrons. The average Bonchev–Trinajstić information content (AvgIpc) is 2.43. The number of hydrogen-bond donors (Lipinski definition) is 6. The molecule has 5 atom stereocenters. The van der Waals surface area contributed by atoms with Crippen molar-refractivity contribution < 1.29 is 40.2 Å². The smallest absolute Gasteiger partial charge is 0.229 e. The van der Waals surface area contributed by atoms with Crippen molar-refractivity contribution >= 4 is 5.78 Å². The predicted octanol–water partition coefficient (Wildman–Crippen LogP) is -3.12. The van der Waals surface area contributed by atoms with Crippen LogP contribution in [0.2, 0.25) is 0 Å². The molecule has 6 N–H and O–H groups in total. The van der Waals surface area contributed by atoms with Gasteiger partial charge < -0.3 is 35.4 Å². The second-order valence-electron chi connectivity index (χ2n) is 4.63. The molecular weight excluding hydrogens is 260 g/mol. The van der Waals surface area contributed by atoms with Crippen LogP contribution in [0.1, 0.15) is 19.3 Å². The maximum absolute atomic E-state index is 11.8. The van der Waals surface area contributed by atoms with Crippen LogP contribution in [0.5, 0.6) is 0 Å². The molecule has 0 spiro atoms. The zero-order valence-corrected chi connectivity index (χ0v) is 10.3. The first-order chi connectivity index (χ1) is 8.83. The molecule has 1 aliphatic heterocycles. The van der Waals surface area contributed by atoms with Gasteiger partial charge in [-0.2, -0.15) is 0 Å².